The van der Waals surface area contributed by atoms with Gasteiger partial charge >= 0.3 is 0 Å². The van der Waals surface area contributed by atoms with Crippen molar-refractivity contribution in [2.75, 3.05) is 11.5 Å². The normalized spacial score (nSPS) is 14.8. The molecule has 1 heterocycles. The van der Waals surface area contributed by atoms with Crippen LogP contribution >= 0.6 is 39.1 Å². The first-order chi connectivity index (χ1) is 15.0. The van der Waals surface area contributed by atoms with E-state index in [0.29, 0.717) is 33.7 Å². The van der Waals surface area contributed by atoms with Gasteiger partial charge in [-0.25, -0.2) is 4.99 Å². The van der Waals surface area contributed by atoms with E-state index in [4.69, 9.17) is 27.9 Å². The Morgan fingerprint density at radius 3 is 2.39 bits per heavy atom. The molecule has 0 aromatic heterocycles. The zero-order valence-electron chi connectivity index (χ0n) is 16.5. The summed E-state index contributed by atoms with van der Waals surface area (Å²) in [6.45, 7) is 2.50. The van der Waals surface area contributed by atoms with Crippen LogP contribution in [0.3, 0.4) is 0 Å². The highest BCUT2D eigenvalue weighted by Crippen LogP contribution is 2.31. The Bertz CT molecular complexity index is 1190. The van der Waals surface area contributed by atoms with E-state index < -0.39 is 0 Å². The molecule has 0 bridgehead atoms. The van der Waals surface area contributed by atoms with Crippen molar-refractivity contribution in [1.82, 2.24) is 0 Å². The zero-order chi connectivity index (χ0) is 22.0. The largest absolute Gasteiger partial charge is 0.494 e. The number of benzene rings is 3. The lowest BCUT2D eigenvalue weighted by molar-refractivity contribution is -0.113. The number of hydrogen-bond acceptors (Lipinski definition) is 3. The summed E-state index contributed by atoms with van der Waals surface area (Å²) >= 11 is 15.7. The van der Waals surface area contributed by atoms with Gasteiger partial charge in [-0.1, -0.05) is 57.3 Å². The first-order valence-electron chi connectivity index (χ1n) is 9.55. The number of hydrogen-bond donors (Lipinski definition) is 0. The van der Waals surface area contributed by atoms with Gasteiger partial charge in [0.2, 0.25) is 0 Å². The van der Waals surface area contributed by atoms with Crippen LogP contribution in [0.25, 0.3) is 6.08 Å². The second-order valence-corrected chi connectivity index (χ2v) is 8.46. The average Bonchev–Trinajstić information content (AvgIpc) is 3.07. The van der Waals surface area contributed by atoms with E-state index in [1.165, 1.54) is 0 Å². The molecule has 4 rings (SSSR count). The van der Waals surface area contributed by atoms with Gasteiger partial charge in [-0.3, -0.25) is 9.69 Å². The fourth-order valence-corrected chi connectivity index (χ4v) is 3.90. The van der Waals surface area contributed by atoms with E-state index in [1.807, 2.05) is 55.5 Å². The third kappa shape index (κ3) is 4.69. The summed E-state index contributed by atoms with van der Waals surface area (Å²) in [5.41, 5.74) is 2.47. The van der Waals surface area contributed by atoms with Crippen molar-refractivity contribution >= 4 is 62.6 Å². The Labute approximate surface area is 198 Å². The molecule has 0 N–H and O–H groups in total. The predicted molar refractivity (Wildman–Crippen MR) is 130 cm³/mol. The van der Waals surface area contributed by atoms with E-state index in [0.717, 1.165) is 15.8 Å². The quantitative estimate of drug-likeness (QED) is 0.343. The van der Waals surface area contributed by atoms with Crippen LogP contribution in [0.2, 0.25) is 10.0 Å². The van der Waals surface area contributed by atoms with E-state index in [2.05, 4.69) is 20.9 Å². The second-order valence-electron chi connectivity index (χ2n) is 6.71. The third-order valence-corrected chi connectivity index (χ3v) is 5.71. The van der Waals surface area contributed by atoms with Crippen molar-refractivity contribution in [1.29, 1.82) is 0 Å². The molecule has 0 spiro atoms. The Morgan fingerprint density at radius 2 is 1.74 bits per heavy atom. The first-order valence-corrected chi connectivity index (χ1v) is 11.1. The van der Waals surface area contributed by atoms with Crippen LogP contribution < -0.4 is 9.64 Å². The van der Waals surface area contributed by atoms with Gasteiger partial charge in [-0.2, -0.15) is 0 Å². The van der Waals surface area contributed by atoms with E-state index >= 15 is 0 Å². The molecule has 156 valence electrons. The van der Waals surface area contributed by atoms with Gasteiger partial charge in [0.05, 0.1) is 12.3 Å². The molecule has 3 aromatic carbocycles. The average molecular weight is 516 g/mol. The molecule has 1 aliphatic heterocycles. The summed E-state index contributed by atoms with van der Waals surface area (Å²) in [4.78, 5) is 19.6. The summed E-state index contributed by atoms with van der Waals surface area (Å²) in [5.74, 6) is 1.04. The molecule has 31 heavy (non-hydrogen) atoms. The maximum absolute atomic E-state index is 13.4. The smallest absolute Gasteiger partial charge is 0.282 e. The van der Waals surface area contributed by atoms with E-state index in [-0.39, 0.29) is 11.6 Å². The molecule has 0 radical (unpaired) electrons. The fraction of sp³-hybridized carbons (Fsp3) is 0.0833. The van der Waals surface area contributed by atoms with Gasteiger partial charge in [-0.05, 0) is 67.1 Å². The Morgan fingerprint density at radius 1 is 1.03 bits per heavy atom. The molecule has 0 saturated carbocycles. The summed E-state index contributed by atoms with van der Waals surface area (Å²) in [6.07, 6.45) is 1.68. The van der Waals surface area contributed by atoms with Crippen LogP contribution in [-0.2, 0) is 4.79 Å². The van der Waals surface area contributed by atoms with Crippen LogP contribution in [-0.4, -0.2) is 18.3 Å². The van der Waals surface area contributed by atoms with Crippen molar-refractivity contribution < 1.29 is 9.53 Å². The SMILES string of the molecule is CCOc1ccc(N2C(=O)/C(=C\c3ccc(Cl)cc3Cl)N=C2c2ccc(Br)cc2)cc1. The van der Waals surface area contributed by atoms with Gasteiger partial charge < -0.3 is 4.74 Å². The Kier molecular flexibility index (Phi) is 6.46. The van der Waals surface area contributed by atoms with Gasteiger partial charge in [0, 0.05) is 20.1 Å². The topological polar surface area (TPSA) is 41.9 Å². The highest BCUT2D eigenvalue weighted by atomic mass is 79.9. The zero-order valence-corrected chi connectivity index (χ0v) is 19.6. The molecule has 1 aliphatic rings. The fourth-order valence-electron chi connectivity index (χ4n) is 3.17. The third-order valence-electron chi connectivity index (χ3n) is 4.62. The highest BCUT2D eigenvalue weighted by Gasteiger charge is 2.32. The molecule has 7 heteroatoms. The Balaban J connectivity index is 1.79. The van der Waals surface area contributed by atoms with Crippen LogP contribution in [0.15, 0.2) is 81.9 Å². The summed E-state index contributed by atoms with van der Waals surface area (Å²) in [5, 5.41) is 0.979. The number of rotatable bonds is 5. The maximum atomic E-state index is 13.4. The molecule has 0 fully saturated rings. The number of carbonyl (C=O) groups is 1. The summed E-state index contributed by atoms with van der Waals surface area (Å²) in [6, 6.07) is 20.1. The van der Waals surface area contributed by atoms with Gasteiger partial charge in [0.25, 0.3) is 5.91 Å². The van der Waals surface area contributed by atoms with Crippen LogP contribution in [0.4, 0.5) is 5.69 Å². The maximum Gasteiger partial charge on any atom is 0.282 e. The van der Waals surface area contributed by atoms with Crippen molar-refractivity contribution in [3.63, 3.8) is 0 Å². The number of carbonyl (C=O) groups excluding carboxylic acids is 1. The molecule has 0 aliphatic carbocycles. The molecule has 0 atom stereocenters. The lowest BCUT2D eigenvalue weighted by Crippen LogP contribution is -2.32. The number of nitrogens with zero attached hydrogens (tertiary/aromatic N) is 2. The Hall–Kier alpha value is -2.60. The number of amides is 1. The number of halogens is 3. The predicted octanol–water partition coefficient (Wildman–Crippen LogP) is 6.99. The monoisotopic (exact) mass is 514 g/mol. The van der Waals surface area contributed by atoms with Crippen molar-refractivity contribution in [2.45, 2.75) is 6.92 Å². The lowest BCUT2D eigenvalue weighted by Gasteiger charge is -2.19. The van der Waals surface area contributed by atoms with Gasteiger partial charge in [0.15, 0.2) is 0 Å². The number of amidine groups is 1. The molecule has 4 nitrogen and oxygen atoms in total. The van der Waals surface area contributed by atoms with Crippen molar-refractivity contribution in [2.24, 2.45) is 4.99 Å². The molecule has 1 amide bonds. The van der Waals surface area contributed by atoms with Crippen molar-refractivity contribution in [3.05, 3.63) is 98.1 Å². The van der Waals surface area contributed by atoms with Gasteiger partial charge in [0.1, 0.15) is 17.3 Å². The molecule has 3 aromatic rings. The molecular weight excluding hydrogens is 499 g/mol. The second kappa shape index (κ2) is 9.27. The minimum atomic E-state index is -0.243. The molecular formula is C24H17BrCl2N2O2. The van der Waals surface area contributed by atoms with Crippen LogP contribution in [0.5, 0.6) is 5.75 Å². The first kappa shape index (κ1) is 21.6. The van der Waals surface area contributed by atoms with E-state index in [9.17, 15) is 4.79 Å². The van der Waals surface area contributed by atoms with Crippen LogP contribution in [0, 0.1) is 0 Å². The van der Waals surface area contributed by atoms with E-state index in [1.54, 1.807) is 29.2 Å². The molecule has 0 saturated heterocycles. The minimum absolute atomic E-state index is 0.243. The number of anilines is 1. The van der Waals surface area contributed by atoms with Crippen molar-refractivity contribution in [3.8, 4) is 5.75 Å². The highest BCUT2D eigenvalue weighted by molar-refractivity contribution is 9.10. The summed E-state index contributed by atoms with van der Waals surface area (Å²) in [7, 11) is 0. The minimum Gasteiger partial charge on any atom is -0.494 e. The number of aliphatic imine (C=N–C) groups is 1. The van der Waals surface area contributed by atoms with Gasteiger partial charge in [-0.15, -0.1) is 0 Å². The molecule has 0 unspecified atom stereocenters. The number of ether oxygens (including phenoxy) is 1. The summed E-state index contributed by atoms with van der Waals surface area (Å²) < 4.78 is 6.46. The van der Waals surface area contributed by atoms with Crippen LogP contribution in [0.1, 0.15) is 18.1 Å². The standard InChI is InChI=1S/C24H17BrCl2N2O2/c1-2-31-20-11-9-19(10-12-20)29-23(15-3-6-17(25)7-4-15)28-22(24(29)30)13-16-5-8-18(26)14-21(16)27/h3-14H,2H2,1H3/b22-13+. The lowest BCUT2D eigenvalue weighted by atomic mass is 10.1.